The molecule has 3 aliphatic rings. The number of ether oxygens (including phenoxy) is 1. The molecule has 0 spiro atoms. The Labute approximate surface area is 220 Å². The molecule has 0 unspecified atom stereocenters. The summed E-state index contributed by atoms with van der Waals surface area (Å²) in [6.45, 7) is 1.10. The molecule has 3 N–H and O–H groups in total. The normalized spacial score (nSPS) is 26.3. The quantitative estimate of drug-likeness (QED) is 0.498. The number of aromatic nitrogens is 1. The first-order valence-corrected chi connectivity index (χ1v) is 13.5. The van der Waals surface area contributed by atoms with Gasteiger partial charge in [-0.05, 0) is 56.1 Å². The summed E-state index contributed by atoms with van der Waals surface area (Å²) < 4.78 is 4.96. The van der Waals surface area contributed by atoms with Crippen LogP contribution in [0.2, 0.25) is 5.02 Å². The van der Waals surface area contributed by atoms with Crippen molar-refractivity contribution in [1.82, 2.24) is 20.5 Å². The SMILES string of the molecule is COC(=O)[C@H](C[C@@H]1CCCNC1=O)NC(=O)[C@@H]1[C@H]2CCCC[C@H]2CN1C(=O)c1cc2cccc(Cl)c2[nH]1. The minimum absolute atomic E-state index is 0.0157. The molecule has 3 amide bonds. The maximum atomic E-state index is 13.8. The van der Waals surface area contributed by atoms with Gasteiger partial charge in [-0.2, -0.15) is 0 Å². The van der Waals surface area contributed by atoms with Crippen molar-refractivity contribution >= 4 is 46.2 Å². The third kappa shape index (κ3) is 5.06. The van der Waals surface area contributed by atoms with Crippen LogP contribution in [-0.4, -0.2) is 65.9 Å². The molecule has 1 aromatic heterocycles. The molecular formula is C27H33ClN4O5. The Hall–Kier alpha value is -3.07. The fourth-order valence-electron chi connectivity index (χ4n) is 6.37. The second-order valence-electron chi connectivity index (χ2n) is 10.4. The number of nitrogens with one attached hydrogen (secondary N) is 3. The molecule has 1 saturated carbocycles. The molecule has 198 valence electrons. The Kier molecular flexibility index (Phi) is 7.42. The highest BCUT2D eigenvalue weighted by Gasteiger charge is 2.49. The van der Waals surface area contributed by atoms with Gasteiger partial charge in [-0.25, -0.2) is 4.79 Å². The monoisotopic (exact) mass is 528 g/mol. The first-order chi connectivity index (χ1) is 17.9. The predicted molar refractivity (Wildman–Crippen MR) is 138 cm³/mol. The summed E-state index contributed by atoms with van der Waals surface area (Å²) in [4.78, 5) is 57.3. The number of piperidine rings is 1. The number of hydrogen-bond acceptors (Lipinski definition) is 5. The molecule has 5 atom stereocenters. The van der Waals surface area contributed by atoms with Crippen LogP contribution in [0.4, 0.5) is 0 Å². The molecule has 9 nitrogen and oxygen atoms in total. The van der Waals surface area contributed by atoms with Crippen LogP contribution in [0.25, 0.3) is 10.9 Å². The highest BCUT2D eigenvalue weighted by molar-refractivity contribution is 6.35. The number of carbonyl (C=O) groups excluding carboxylic acids is 4. The Morgan fingerprint density at radius 2 is 2.00 bits per heavy atom. The third-order valence-electron chi connectivity index (χ3n) is 8.23. The summed E-state index contributed by atoms with van der Waals surface area (Å²) in [5.74, 6) is -1.47. The van der Waals surface area contributed by atoms with Crippen LogP contribution >= 0.6 is 11.6 Å². The van der Waals surface area contributed by atoms with Gasteiger partial charge in [0.25, 0.3) is 5.91 Å². The Bertz CT molecular complexity index is 1210. The first-order valence-electron chi connectivity index (χ1n) is 13.1. The summed E-state index contributed by atoms with van der Waals surface area (Å²) in [7, 11) is 1.27. The summed E-state index contributed by atoms with van der Waals surface area (Å²) in [6, 6.07) is 5.57. The predicted octanol–water partition coefficient (Wildman–Crippen LogP) is 3.03. The Morgan fingerprint density at radius 3 is 2.76 bits per heavy atom. The van der Waals surface area contributed by atoms with Crippen molar-refractivity contribution < 1.29 is 23.9 Å². The van der Waals surface area contributed by atoms with Gasteiger partial charge in [0, 0.05) is 24.4 Å². The van der Waals surface area contributed by atoms with Crippen molar-refractivity contribution in [2.24, 2.45) is 17.8 Å². The molecule has 1 aromatic carbocycles. The lowest BCUT2D eigenvalue weighted by molar-refractivity contribution is -0.146. The topological polar surface area (TPSA) is 121 Å². The van der Waals surface area contributed by atoms with Crippen molar-refractivity contribution in [3.8, 4) is 0 Å². The molecule has 3 heterocycles. The zero-order valence-corrected chi connectivity index (χ0v) is 21.7. The van der Waals surface area contributed by atoms with Crippen LogP contribution in [0.15, 0.2) is 24.3 Å². The molecule has 2 aromatic rings. The Balaban J connectivity index is 1.40. The molecule has 10 heteroatoms. The number of carbonyl (C=O) groups is 4. The lowest BCUT2D eigenvalue weighted by Gasteiger charge is -2.31. The smallest absolute Gasteiger partial charge is 0.328 e. The van der Waals surface area contributed by atoms with Crippen LogP contribution in [0.1, 0.15) is 55.4 Å². The molecule has 0 radical (unpaired) electrons. The summed E-state index contributed by atoms with van der Waals surface area (Å²) in [5, 5.41) is 7.04. The van der Waals surface area contributed by atoms with E-state index in [2.05, 4.69) is 15.6 Å². The fraction of sp³-hybridized carbons (Fsp3) is 0.556. The van der Waals surface area contributed by atoms with Crippen LogP contribution in [0, 0.1) is 17.8 Å². The van der Waals surface area contributed by atoms with E-state index in [0.717, 1.165) is 37.5 Å². The molecule has 2 aliphatic heterocycles. The van der Waals surface area contributed by atoms with Gasteiger partial charge in [0.15, 0.2) is 0 Å². The van der Waals surface area contributed by atoms with Crippen molar-refractivity contribution in [2.75, 3.05) is 20.2 Å². The first kappa shape index (κ1) is 25.6. The molecule has 3 fully saturated rings. The van der Waals surface area contributed by atoms with Gasteiger partial charge >= 0.3 is 5.97 Å². The van der Waals surface area contributed by atoms with Crippen LogP contribution < -0.4 is 10.6 Å². The van der Waals surface area contributed by atoms with Crippen molar-refractivity contribution in [3.63, 3.8) is 0 Å². The van der Waals surface area contributed by atoms with E-state index in [-0.39, 0.29) is 41.9 Å². The lowest BCUT2D eigenvalue weighted by Crippen LogP contribution is -2.54. The number of benzene rings is 1. The van der Waals surface area contributed by atoms with E-state index in [4.69, 9.17) is 16.3 Å². The number of hydrogen-bond donors (Lipinski definition) is 3. The minimum atomic E-state index is -0.960. The van der Waals surface area contributed by atoms with Gasteiger partial charge < -0.3 is 25.3 Å². The maximum absolute atomic E-state index is 13.8. The van der Waals surface area contributed by atoms with Crippen LogP contribution in [0.3, 0.4) is 0 Å². The molecule has 37 heavy (non-hydrogen) atoms. The molecule has 5 rings (SSSR count). The number of aromatic amines is 1. The van der Waals surface area contributed by atoms with Gasteiger partial charge in [-0.1, -0.05) is 36.6 Å². The Morgan fingerprint density at radius 1 is 1.19 bits per heavy atom. The second kappa shape index (κ2) is 10.7. The zero-order valence-electron chi connectivity index (χ0n) is 20.9. The number of likely N-dealkylation sites (tertiary alicyclic amines) is 1. The molecular weight excluding hydrogens is 496 g/mol. The largest absolute Gasteiger partial charge is 0.467 e. The van der Waals surface area contributed by atoms with Crippen molar-refractivity contribution in [3.05, 3.63) is 35.0 Å². The number of halogens is 1. The van der Waals surface area contributed by atoms with E-state index in [1.54, 1.807) is 17.0 Å². The number of rotatable bonds is 6. The van der Waals surface area contributed by atoms with E-state index >= 15 is 0 Å². The maximum Gasteiger partial charge on any atom is 0.328 e. The number of esters is 1. The zero-order chi connectivity index (χ0) is 26.1. The van der Waals surface area contributed by atoms with Gasteiger partial charge in [0.05, 0.1) is 17.6 Å². The van der Waals surface area contributed by atoms with Gasteiger partial charge in [0.2, 0.25) is 11.8 Å². The van der Waals surface area contributed by atoms with Gasteiger partial charge in [0.1, 0.15) is 17.8 Å². The number of amides is 3. The van der Waals surface area contributed by atoms with Crippen LogP contribution in [0.5, 0.6) is 0 Å². The van der Waals surface area contributed by atoms with Crippen molar-refractivity contribution in [2.45, 2.75) is 57.0 Å². The number of H-pyrrole nitrogens is 1. The standard InChI is InChI=1S/C27H33ClN4O5/c1-37-27(36)21(13-16-8-5-11-29-24(16)33)31-25(34)23-18-9-3-2-6-17(18)14-32(23)26(35)20-12-15-7-4-10-19(28)22(15)30-20/h4,7,10,12,16-18,21,23,30H,2-3,5-6,8-9,11,13-14H2,1H3,(H,29,33)(H,31,34)/t16-,17-,18-,21-,23-/m0/s1. The summed E-state index contributed by atoms with van der Waals surface area (Å²) >= 11 is 6.31. The summed E-state index contributed by atoms with van der Waals surface area (Å²) in [5.41, 5.74) is 1.06. The third-order valence-corrected chi connectivity index (χ3v) is 8.54. The minimum Gasteiger partial charge on any atom is -0.467 e. The molecule has 0 bridgehead atoms. The second-order valence-corrected chi connectivity index (χ2v) is 10.9. The average molecular weight is 529 g/mol. The number of methoxy groups -OCH3 is 1. The van der Waals surface area contributed by atoms with Crippen molar-refractivity contribution in [1.29, 1.82) is 0 Å². The molecule has 1 aliphatic carbocycles. The van der Waals surface area contributed by atoms with E-state index < -0.39 is 18.1 Å². The lowest BCUT2D eigenvalue weighted by atomic mass is 9.78. The number of fused-ring (bicyclic) bond motifs is 2. The number of nitrogens with zero attached hydrogens (tertiary/aromatic N) is 1. The van der Waals surface area contributed by atoms with E-state index in [1.165, 1.54) is 7.11 Å². The van der Waals surface area contributed by atoms with Gasteiger partial charge in [-0.3, -0.25) is 14.4 Å². The number of para-hydroxylation sites is 1. The highest BCUT2D eigenvalue weighted by Crippen LogP contribution is 2.41. The summed E-state index contributed by atoms with van der Waals surface area (Å²) in [6.07, 6.45) is 5.51. The molecule has 2 saturated heterocycles. The van der Waals surface area contributed by atoms with Gasteiger partial charge in [-0.15, -0.1) is 0 Å². The van der Waals surface area contributed by atoms with E-state index in [9.17, 15) is 19.2 Å². The van der Waals surface area contributed by atoms with E-state index in [0.29, 0.717) is 35.7 Å². The van der Waals surface area contributed by atoms with E-state index in [1.807, 2.05) is 12.1 Å². The average Bonchev–Trinajstić information content (AvgIpc) is 3.51. The van der Waals surface area contributed by atoms with Crippen LogP contribution in [-0.2, 0) is 19.1 Å². The fourth-order valence-corrected chi connectivity index (χ4v) is 6.60. The highest BCUT2D eigenvalue weighted by atomic mass is 35.5.